The number of aromatic nitrogens is 1. The predicted molar refractivity (Wildman–Crippen MR) is 73.7 cm³/mol. The van der Waals surface area contributed by atoms with Gasteiger partial charge in [0, 0.05) is 25.5 Å². The van der Waals surface area contributed by atoms with Crippen molar-refractivity contribution in [3.63, 3.8) is 0 Å². The molecule has 0 bridgehead atoms. The summed E-state index contributed by atoms with van der Waals surface area (Å²) in [4.78, 5) is 15.9. The van der Waals surface area contributed by atoms with E-state index in [0.717, 1.165) is 11.4 Å². The van der Waals surface area contributed by atoms with Gasteiger partial charge in [-0.3, -0.25) is 9.78 Å². The molecule has 2 N–H and O–H groups in total. The molecule has 1 aromatic heterocycles. The van der Waals surface area contributed by atoms with Crippen LogP contribution in [0.15, 0.2) is 18.3 Å². The van der Waals surface area contributed by atoms with Crippen molar-refractivity contribution in [3.8, 4) is 0 Å². The second-order valence-corrected chi connectivity index (χ2v) is 4.86. The molecule has 1 rings (SSSR count). The Labute approximate surface area is 107 Å². The second kappa shape index (κ2) is 7.17. The van der Waals surface area contributed by atoms with Gasteiger partial charge in [0.2, 0.25) is 0 Å². The fraction of sp³-hybridized carbons (Fsp3) is 0.500. The van der Waals surface area contributed by atoms with Crippen molar-refractivity contribution in [3.05, 3.63) is 24.0 Å². The Kier molecular flexibility index (Phi) is 5.83. The fourth-order valence-electron chi connectivity index (χ4n) is 1.41. The average Bonchev–Trinajstić information content (AvgIpc) is 2.36. The van der Waals surface area contributed by atoms with E-state index in [1.165, 1.54) is 0 Å². The summed E-state index contributed by atoms with van der Waals surface area (Å²) in [5.74, 6) is 1.40. The summed E-state index contributed by atoms with van der Waals surface area (Å²) in [6.07, 6.45) is 3.70. The van der Waals surface area contributed by atoms with Crippen LogP contribution in [-0.4, -0.2) is 36.5 Å². The van der Waals surface area contributed by atoms with Gasteiger partial charge in [-0.05, 0) is 30.1 Å². The van der Waals surface area contributed by atoms with Gasteiger partial charge in [-0.1, -0.05) is 6.92 Å². The molecule has 0 fully saturated rings. The molecule has 1 aromatic rings. The number of thioether (sulfide) groups is 1. The maximum atomic E-state index is 11.8. The first-order valence-corrected chi connectivity index (χ1v) is 6.97. The third-order valence-electron chi connectivity index (χ3n) is 2.34. The van der Waals surface area contributed by atoms with E-state index in [0.29, 0.717) is 18.2 Å². The zero-order valence-corrected chi connectivity index (χ0v) is 11.3. The zero-order valence-electron chi connectivity index (χ0n) is 10.5. The van der Waals surface area contributed by atoms with E-state index < -0.39 is 0 Å². The highest BCUT2D eigenvalue weighted by atomic mass is 32.2. The van der Waals surface area contributed by atoms with Crippen molar-refractivity contribution < 1.29 is 4.79 Å². The molecule has 1 amide bonds. The van der Waals surface area contributed by atoms with E-state index in [4.69, 9.17) is 0 Å². The molecule has 5 heteroatoms. The number of pyridine rings is 1. The first-order valence-electron chi connectivity index (χ1n) is 5.58. The van der Waals surface area contributed by atoms with Crippen molar-refractivity contribution in [2.45, 2.75) is 6.92 Å². The Hall–Kier alpha value is -1.23. The van der Waals surface area contributed by atoms with Crippen LogP contribution >= 0.6 is 11.8 Å². The van der Waals surface area contributed by atoms with Crippen LogP contribution in [-0.2, 0) is 0 Å². The molecule has 0 radical (unpaired) electrons. The quantitative estimate of drug-likeness (QED) is 0.812. The van der Waals surface area contributed by atoms with Crippen LogP contribution in [0.3, 0.4) is 0 Å². The summed E-state index contributed by atoms with van der Waals surface area (Å²) >= 11 is 1.79. The first kappa shape index (κ1) is 13.8. The standard InChI is InChI=1S/C12H19N3OS/c1-9(8-17-3)7-15-12(16)11-6-10(13-2)4-5-14-11/h4-6,9H,7-8H2,1-3H3,(H,13,14)(H,15,16). The Bertz CT molecular complexity index is 371. The van der Waals surface area contributed by atoms with Gasteiger partial charge in [0.15, 0.2) is 0 Å². The SMILES string of the molecule is CNc1ccnc(C(=O)NCC(C)CSC)c1. The van der Waals surface area contributed by atoms with Crippen LogP contribution in [0.25, 0.3) is 0 Å². The third-order valence-corrected chi connectivity index (χ3v) is 3.25. The molecule has 17 heavy (non-hydrogen) atoms. The number of anilines is 1. The maximum absolute atomic E-state index is 11.8. The number of carbonyl (C=O) groups excluding carboxylic acids is 1. The largest absolute Gasteiger partial charge is 0.388 e. The van der Waals surface area contributed by atoms with Crippen LogP contribution in [0.2, 0.25) is 0 Å². The molecule has 1 heterocycles. The Balaban J connectivity index is 2.51. The van der Waals surface area contributed by atoms with Gasteiger partial charge in [0.25, 0.3) is 5.91 Å². The number of amides is 1. The number of nitrogens with one attached hydrogen (secondary N) is 2. The lowest BCUT2D eigenvalue weighted by atomic mass is 10.2. The molecule has 0 aliphatic rings. The minimum atomic E-state index is -0.116. The van der Waals surface area contributed by atoms with Gasteiger partial charge < -0.3 is 10.6 Å². The number of rotatable bonds is 6. The van der Waals surface area contributed by atoms with Crippen LogP contribution < -0.4 is 10.6 Å². The van der Waals surface area contributed by atoms with Gasteiger partial charge >= 0.3 is 0 Å². The molecule has 0 saturated carbocycles. The van der Waals surface area contributed by atoms with E-state index in [1.54, 1.807) is 24.0 Å². The Morgan fingerprint density at radius 1 is 1.59 bits per heavy atom. The van der Waals surface area contributed by atoms with E-state index in [2.05, 4.69) is 28.8 Å². The molecule has 1 atom stereocenters. The molecule has 0 aliphatic carbocycles. The molecule has 4 nitrogen and oxygen atoms in total. The van der Waals surface area contributed by atoms with Crippen molar-refractivity contribution in [2.75, 3.05) is 30.9 Å². The third kappa shape index (κ3) is 4.65. The van der Waals surface area contributed by atoms with Gasteiger partial charge in [-0.15, -0.1) is 0 Å². The molecule has 94 valence electrons. The predicted octanol–water partition coefficient (Wildman–Crippen LogP) is 1.85. The van der Waals surface area contributed by atoms with Gasteiger partial charge in [0.1, 0.15) is 5.69 Å². The summed E-state index contributed by atoms with van der Waals surface area (Å²) in [7, 11) is 1.82. The van der Waals surface area contributed by atoms with E-state index in [-0.39, 0.29) is 5.91 Å². The highest BCUT2D eigenvalue weighted by molar-refractivity contribution is 7.98. The van der Waals surface area contributed by atoms with E-state index >= 15 is 0 Å². The van der Waals surface area contributed by atoms with Crippen molar-refractivity contribution >= 4 is 23.4 Å². The fourth-order valence-corrected chi connectivity index (χ4v) is 2.10. The van der Waals surface area contributed by atoms with Crippen LogP contribution in [0.5, 0.6) is 0 Å². The summed E-state index contributed by atoms with van der Waals surface area (Å²) in [5.41, 5.74) is 1.34. The van der Waals surface area contributed by atoms with Crippen LogP contribution in [0.4, 0.5) is 5.69 Å². The van der Waals surface area contributed by atoms with Gasteiger partial charge in [-0.25, -0.2) is 0 Å². The smallest absolute Gasteiger partial charge is 0.269 e. The molecule has 0 aromatic carbocycles. The Morgan fingerprint density at radius 3 is 3.00 bits per heavy atom. The lowest BCUT2D eigenvalue weighted by Gasteiger charge is -2.11. The summed E-state index contributed by atoms with van der Waals surface area (Å²) in [6, 6.07) is 3.57. The zero-order chi connectivity index (χ0) is 12.7. The van der Waals surface area contributed by atoms with E-state index in [1.807, 2.05) is 13.1 Å². The van der Waals surface area contributed by atoms with Gasteiger partial charge in [0.05, 0.1) is 0 Å². The summed E-state index contributed by atoms with van der Waals surface area (Å²) in [6.45, 7) is 2.80. The Morgan fingerprint density at radius 2 is 2.35 bits per heavy atom. The molecule has 1 unspecified atom stereocenters. The molecule has 0 aliphatic heterocycles. The molecular weight excluding hydrogens is 234 g/mol. The minimum absolute atomic E-state index is 0.116. The highest BCUT2D eigenvalue weighted by Gasteiger charge is 2.09. The molecule has 0 spiro atoms. The van der Waals surface area contributed by atoms with Crippen LogP contribution in [0.1, 0.15) is 17.4 Å². The van der Waals surface area contributed by atoms with Gasteiger partial charge in [-0.2, -0.15) is 11.8 Å². The lowest BCUT2D eigenvalue weighted by Crippen LogP contribution is -2.29. The van der Waals surface area contributed by atoms with Crippen molar-refractivity contribution in [2.24, 2.45) is 5.92 Å². The number of carbonyl (C=O) groups is 1. The number of nitrogens with zero attached hydrogens (tertiary/aromatic N) is 1. The molecule has 0 saturated heterocycles. The second-order valence-electron chi connectivity index (χ2n) is 3.95. The first-order chi connectivity index (χ1) is 8.17. The van der Waals surface area contributed by atoms with Crippen molar-refractivity contribution in [1.29, 1.82) is 0 Å². The summed E-state index contributed by atoms with van der Waals surface area (Å²) in [5, 5.41) is 5.88. The van der Waals surface area contributed by atoms with Crippen LogP contribution in [0, 0.1) is 5.92 Å². The minimum Gasteiger partial charge on any atom is -0.388 e. The number of hydrogen-bond donors (Lipinski definition) is 2. The normalized spacial score (nSPS) is 11.9. The lowest BCUT2D eigenvalue weighted by molar-refractivity contribution is 0.0944. The van der Waals surface area contributed by atoms with E-state index in [9.17, 15) is 4.79 Å². The average molecular weight is 253 g/mol. The highest BCUT2D eigenvalue weighted by Crippen LogP contribution is 2.07. The monoisotopic (exact) mass is 253 g/mol. The summed E-state index contributed by atoms with van der Waals surface area (Å²) < 4.78 is 0. The van der Waals surface area contributed by atoms with Crippen molar-refractivity contribution in [1.82, 2.24) is 10.3 Å². The topological polar surface area (TPSA) is 54.0 Å². The molecular formula is C12H19N3OS. The number of hydrogen-bond acceptors (Lipinski definition) is 4. The maximum Gasteiger partial charge on any atom is 0.269 e.